The van der Waals surface area contributed by atoms with Gasteiger partial charge in [-0.3, -0.25) is 0 Å². The molecule has 0 saturated carbocycles. The summed E-state index contributed by atoms with van der Waals surface area (Å²) in [5, 5.41) is 21.4. The van der Waals surface area contributed by atoms with E-state index in [-0.39, 0.29) is 23.0 Å². The van der Waals surface area contributed by atoms with Gasteiger partial charge in [0.05, 0.1) is 20.8 Å². The number of ether oxygens (including phenoxy) is 3. The lowest BCUT2D eigenvalue weighted by atomic mass is 9.90. The van der Waals surface area contributed by atoms with Gasteiger partial charge in [-0.05, 0) is 94.6 Å². The second-order valence-electron chi connectivity index (χ2n) is 9.45. The Morgan fingerprint density at radius 3 is 1.91 bits per heavy atom. The summed E-state index contributed by atoms with van der Waals surface area (Å²) in [4.78, 5) is 2.40. The fraction of sp³-hybridized carbons (Fsp3) is 0.556. The molecule has 180 valence electrons. The average Bonchev–Trinajstić information content (AvgIpc) is 3.05. The molecule has 6 nitrogen and oxygen atoms in total. The summed E-state index contributed by atoms with van der Waals surface area (Å²) < 4.78 is 16.6. The van der Waals surface area contributed by atoms with Crippen LogP contribution in [-0.2, 0) is 12.8 Å². The molecule has 1 saturated heterocycles. The molecule has 0 bridgehead atoms. The molecule has 0 spiro atoms. The molecule has 1 heterocycles. The van der Waals surface area contributed by atoms with E-state index in [1.54, 1.807) is 0 Å². The van der Waals surface area contributed by atoms with E-state index in [1.165, 1.54) is 45.7 Å². The SMILES string of the molecule is COc1c(O)c2c(c(O)c1OC)CCC(CCOc1ccc(C3CCN(C)CC3)cc1)CC2. The molecule has 4 rings (SSSR count). The number of piperidine rings is 1. The van der Waals surface area contributed by atoms with Crippen LogP contribution in [-0.4, -0.2) is 56.1 Å². The zero-order valence-electron chi connectivity index (χ0n) is 20.1. The van der Waals surface area contributed by atoms with Gasteiger partial charge in [0.2, 0.25) is 11.5 Å². The van der Waals surface area contributed by atoms with E-state index in [0.717, 1.165) is 36.1 Å². The molecule has 0 atom stereocenters. The van der Waals surface area contributed by atoms with Crippen molar-refractivity contribution < 1.29 is 24.4 Å². The first kappa shape index (κ1) is 23.6. The van der Waals surface area contributed by atoms with Gasteiger partial charge < -0.3 is 29.3 Å². The lowest BCUT2D eigenvalue weighted by molar-refractivity contribution is 0.254. The van der Waals surface area contributed by atoms with Gasteiger partial charge in [0.15, 0.2) is 11.5 Å². The van der Waals surface area contributed by atoms with Crippen LogP contribution in [0.4, 0.5) is 0 Å². The molecule has 2 aliphatic rings. The molecule has 1 aliphatic heterocycles. The third-order valence-corrected chi connectivity index (χ3v) is 7.45. The molecule has 2 aromatic rings. The smallest absolute Gasteiger partial charge is 0.207 e. The Balaban J connectivity index is 1.31. The van der Waals surface area contributed by atoms with E-state index in [0.29, 0.717) is 31.3 Å². The molecular formula is C27H37NO5. The van der Waals surface area contributed by atoms with Crippen LogP contribution in [0.3, 0.4) is 0 Å². The summed E-state index contributed by atoms with van der Waals surface area (Å²) in [5.74, 6) is 2.64. The quantitative estimate of drug-likeness (QED) is 0.458. The minimum absolute atomic E-state index is 0.0868. The fourth-order valence-electron chi connectivity index (χ4n) is 5.34. The summed E-state index contributed by atoms with van der Waals surface area (Å²) in [6.45, 7) is 3.01. The van der Waals surface area contributed by atoms with Crippen LogP contribution in [0.25, 0.3) is 0 Å². The number of hydrogen-bond donors (Lipinski definition) is 2. The second-order valence-corrected chi connectivity index (χ2v) is 9.45. The van der Waals surface area contributed by atoms with Crippen molar-refractivity contribution in [2.24, 2.45) is 5.92 Å². The van der Waals surface area contributed by atoms with Gasteiger partial charge in [-0.15, -0.1) is 0 Å². The molecule has 1 aliphatic carbocycles. The summed E-state index contributed by atoms with van der Waals surface area (Å²) >= 11 is 0. The normalized spacial score (nSPS) is 17.9. The van der Waals surface area contributed by atoms with Crippen molar-refractivity contribution in [3.63, 3.8) is 0 Å². The number of fused-ring (bicyclic) bond motifs is 1. The van der Waals surface area contributed by atoms with Crippen LogP contribution in [0, 0.1) is 5.92 Å². The van der Waals surface area contributed by atoms with Crippen LogP contribution >= 0.6 is 0 Å². The highest BCUT2D eigenvalue weighted by molar-refractivity contribution is 5.66. The number of rotatable bonds is 7. The number of phenols is 2. The van der Waals surface area contributed by atoms with E-state index in [4.69, 9.17) is 14.2 Å². The van der Waals surface area contributed by atoms with Gasteiger partial charge in [-0.2, -0.15) is 0 Å². The Kier molecular flexibility index (Phi) is 7.53. The van der Waals surface area contributed by atoms with Crippen molar-refractivity contribution in [2.45, 2.75) is 50.9 Å². The predicted molar refractivity (Wildman–Crippen MR) is 129 cm³/mol. The molecule has 0 amide bonds. The van der Waals surface area contributed by atoms with Crippen molar-refractivity contribution in [1.29, 1.82) is 0 Å². The second kappa shape index (κ2) is 10.6. The third-order valence-electron chi connectivity index (χ3n) is 7.45. The van der Waals surface area contributed by atoms with Gasteiger partial charge in [-0.25, -0.2) is 0 Å². The number of hydrogen-bond acceptors (Lipinski definition) is 6. The van der Waals surface area contributed by atoms with E-state index >= 15 is 0 Å². The standard InChI is InChI=1S/C27H37NO5/c1-28-15-12-20(13-16-28)19-6-8-21(9-7-19)33-17-14-18-4-10-22-23(11-5-18)25(30)27(32-3)26(31-2)24(22)29/h6-9,18,20,29-30H,4-5,10-17H2,1-3H3. The van der Waals surface area contributed by atoms with Crippen molar-refractivity contribution in [1.82, 2.24) is 4.90 Å². The molecule has 6 heteroatoms. The highest BCUT2D eigenvalue weighted by atomic mass is 16.5. The van der Waals surface area contributed by atoms with Crippen LogP contribution in [0.1, 0.15) is 54.7 Å². The number of nitrogens with zero attached hydrogens (tertiary/aromatic N) is 1. The van der Waals surface area contributed by atoms with Gasteiger partial charge >= 0.3 is 0 Å². The zero-order valence-corrected chi connectivity index (χ0v) is 20.1. The molecule has 1 fully saturated rings. The maximum absolute atomic E-state index is 10.7. The Labute approximate surface area is 197 Å². The van der Waals surface area contributed by atoms with Crippen LogP contribution in [0.5, 0.6) is 28.7 Å². The van der Waals surface area contributed by atoms with E-state index in [2.05, 4.69) is 36.2 Å². The minimum atomic E-state index is 0.0868. The molecule has 0 unspecified atom stereocenters. The highest BCUT2D eigenvalue weighted by Gasteiger charge is 2.28. The van der Waals surface area contributed by atoms with Gasteiger partial charge in [-0.1, -0.05) is 12.1 Å². The molecule has 0 aromatic heterocycles. The van der Waals surface area contributed by atoms with Crippen molar-refractivity contribution in [2.75, 3.05) is 41.0 Å². The number of methoxy groups -OCH3 is 2. The highest BCUT2D eigenvalue weighted by Crippen LogP contribution is 2.50. The topological polar surface area (TPSA) is 71.4 Å². The van der Waals surface area contributed by atoms with Crippen LogP contribution in [0.15, 0.2) is 24.3 Å². The maximum atomic E-state index is 10.7. The van der Waals surface area contributed by atoms with Crippen molar-refractivity contribution in [3.05, 3.63) is 41.0 Å². The summed E-state index contributed by atoms with van der Waals surface area (Å²) in [6.07, 6.45) is 6.67. The summed E-state index contributed by atoms with van der Waals surface area (Å²) in [6, 6.07) is 8.65. The maximum Gasteiger partial charge on any atom is 0.207 e. The third kappa shape index (κ3) is 5.16. The Morgan fingerprint density at radius 1 is 0.848 bits per heavy atom. The number of phenolic OH excluding ortho intramolecular Hbond substituents is 2. The lowest BCUT2D eigenvalue weighted by Gasteiger charge is -2.29. The van der Waals surface area contributed by atoms with Crippen molar-refractivity contribution in [3.8, 4) is 28.7 Å². The van der Waals surface area contributed by atoms with Crippen LogP contribution in [0.2, 0.25) is 0 Å². The largest absolute Gasteiger partial charge is 0.504 e. The van der Waals surface area contributed by atoms with Gasteiger partial charge in [0.25, 0.3) is 0 Å². The lowest BCUT2D eigenvalue weighted by Crippen LogP contribution is -2.29. The van der Waals surface area contributed by atoms with Gasteiger partial charge in [0.1, 0.15) is 5.75 Å². The summed E-state index contributed by atoms with van der Waals surface area (Å²) in [5.41, 5.74) is 2.97. The van der Waals surface area contributed by atoms with Gasteiger partial charge in [0, 0.05) is 11.1 Å². The molecule has 0 radical (unpaired) electrons. The average molecular weight is 456 g/mol. The zero-order chi connectivity index (χ0) is 23.4. The first-order chi connectivity index (χ1) is 16.0. The molecular weight excluding hydrogens is 418 g/mol. The Morgan fingerprint density at radius 2 is 1.39 bits per heavy atom. The first-order valence-electron chi connectivity index (χ1n) is 12.1. The monoisotopic (exact) mass is 455 g/mol. The predicted octanol–water partition coefficient (Wildman–Crippen LogP) is 4.89. The van der Waals surface area contributed by atoms with E-state index in [1.807, 2.05) is 0 Å². The molecule has 2 N–H and O–H groups in total. The van der Waals surface area contributed by atoms with E-state index < -0.39 is 0 Å². The Bertz CT molecular complexity index is 894. The fourth-order valence-corrected chi connectivity index (χ4v) is 5.34. The number of benzene rings is 2. The summed E-state index contributed by atoms with van der Waals surface area (Å²) in [7, 11) is 5.14. The molecule has 33 heavy (non-hydrogen) atoms. The first-order valence-corrected chi connectivity index (χ1v) is 12.1. The Hall–Kier alpha value is -2.60. The number of aromatic hydroxyl groups is 2. The number of likely N-dealkylation sites (tertiary alicyclic amines) is 1. The minimum Gasteiger partial charge on any atom is -0.504 e. The van der Waals surface area contributed by atoms with Crippen molar-refractivity contribution >= 4 is 0 Å². The van der Waals surface area contributed by atoms with E-state index in [9.17, 15) is 10.2 Å². The van der Waals surface area contributed by atoms with Crippen LogP contribution < -0.4 is 14.2 Å². The molecule has 2 aromatic carbocycles.